The van der Waals surface area contributed by atoms with Crippen LogP contribution in [0.5, 0.6) is 0 Å². The van der Waals surface area contributed by atoms with Crippen molar-refractivity contribution in [2.75, 3.05) is 0 Å². The zero-order valence-corrected chi connectivity index (χ0v) is 22.5. The molecule has 182 valence electrons. The van der Waals surface area contributed by atoms with Crippen LogP contribution in [0.3, 0.4) is 0 Å². The topological polar surface area (TPSA) is 18.5 Å². The van der Waals surface area contributed by atoms with E-state index in [1.165, 1.54) is 22.3 Å². The van der Waals surface area contributed by atoms with Crippen LogP contribution in [-0.4, -0.2) is 17.5 Å². The van der Waals surface area contributed by atoms with E-state index in [9.17, 15) is 0 Å². The van der Waals surface area contributed by atoms with Gasteiger partial charge in [-0.2, -0.15) is 0 Å². The third-order valence-electron chi connectivity index (χ3n) is 5.53. The van der Waals surface area contributed by atoms with Gasteiger partial charge in [0.25, 0.3) is 0 Å². The van der Waals surface area contributed by atoms with Crippen molar-refractivity contribution >= 4 is 0 Å². The monoisotopic (exact) mass is 442 g/mol. The van der Waals surface area contributed by atoms with Gasteiger partial charge in [0, 0.05) is 0 Å². The summed E-state index contributed by atoms with van der Waals surface area (Å²) in [5.41, 5.74) is 4.29. The summed E-state index contributed by atoms with van der Waals surface area (Å²) in [5.74, 6) is 0. The highest BCUT2D eigenvalue weighted by molar-refractivity contribution is 5.07. The minimum absolute atomic E-state index is 0.467. The average Bonchev–Trinajstić information content (AvgIpc) is 2.66. The highest BCUT2D eigenvalue weighted by Crippen LogP contribution is 2.29. The van der Waals surface area contributed by atoms with Gasteiger partial charge in [0.05, 0.1) is 11.2 Å². The SMILES string of the molecule is C=CC(C)(CCC=C(C)C)OC(/C=C(\C)CCC=C(C)C)OC(C)(C=C)CCC=C(C)C. The second-order valence-electron chi connectivity index (χ2n) is 10.1. The van der Waals surface area contributed by atoms with Crippen molar-refractivity contribution in [1.82, 2.24) is 0 Å². The molecule has 2 nitrogen and oxygen atoms in total. The van der Waals surface area contributed by atoms with E-state index in [0.717, 1.165) is 38.5 Å². The fraction of sp³-hybridized carbons (Fsp3) is 0.600. The number of rotatable bonds is 16. The van der Waals surface area contributed by atoms with Crippen LogP contribution in [0.1, 0.15) is 101 Å². The smallest absolute Gasteiger partial charge is 0.179 e. The number of ether oxygens (including phenoxy) is 2. The highest BCUT2D eigenvalue weighted by atomic mass is 16.7. The van der Waals surface area contributed by atoms with Gasteiger partial charge in [0.1, 0.15) is 0 Å². The van der Waals surface area contributed by atoms with Gasteiger partial charge in [-0.1, -0.05) is 52.7 Å². The molecule has 32 heavy (non-hydrogen) atoms. The van der Waals surface area contributed by atoms with Gasteiger partial charge in [-0.25, -0.2) is 0 Å². The molecule has 0 aliphatic carbocycles. The lowest BCUT2D eigenvalue weighted by atomic mass is 9.98. The fourth-order valence-electron chi connectivity index (χ4n) is 3.24. The van der Waals surface area contributed by atoms with Crippen LogP contribution in [0.25, 0.3) is 0 Å². The van der Waals surface area contributed by atoms with Crippen LogP contribution in [-0.2, 0) is 9.47 Å². The van der Waals surface area contributed by atoms with Crippen LogP contribution >= 0.6 is 0 Å². The first-order valence-corrected chi connectivity index (χ1v) is 12.0. The first kappa shape index (κ1) is 30.4. The third kappa shape index (κ3) is 14.4. The van der Waals surface area contributed by atoms with Crippen LogP contribution in [0.4, 0.5) is 0 Å². The quantitative estimate of drug-likeness (QED) is 0.175. The van der Waals surface area contributed by atoms with Crippen molar-refractivity contribution < 1.29 is 9.47 Å². The largest absolute Gasteiger partial charge is 0.339 e. The Morgan fingerprint density at radius 1 is 0.688 bits per heavy atom. The zero-order valence-electron chi connectivity index (χ0n) is 22.5. The van der Waals surface area contributed by atoms with Crippen molar-refractivity contribution in [3.8, 4) is 0 Å². The van der Waals surface area contributed by atoms with Gasteiger partial charge in [-0.3, -0.25) is 0 Å². The van der Waals surface area contributed by atoms with E-state index in [1.54, 1.807) is 0 Å². The zero-order chi connectivity index (χ0) is 24.8. The molecular formula is C30H50O2. The van der Waals surface area contributed by atoms with E-state index in [2.05, 4.69) is 99.8 Å². The van der Waals surface area contributed by atoms with Gasteiger partial charge in [-0.05, 0) is 107 Å². The Labute approximate surface area is 199 Å². The van der Waals surface area contributed by atoms with Crippen molar-refractivity contribution in [2.45, 2.75) is 118 Å². The minimum Gasteiger partial charge on any atom is -0.339 e. The standard InChI is InChI=1S/C30H50O2/c1-12-29(10,21-15-18-25(5)6)31-28(23-27(9)20-14-17-24(3)4)32-30(11,13-2)22-16-19-26(7)8/h12-13,17-19,23,28H,1-2,14-16,20-22H2,3-11H3/b27-23+. The van der Waals surface area contributed by atoms with Crippen molar-refractivity contribution in [1.29, 1.82) is 0 Å². The molecule has 0 spiro atoms. The second-order valence-corrected chi connectivity index (χ2v) is 10.1. The Morgan fingerprint density at radius 3 is 1.41 bits per heavy atom. The summed E-state index contributed by atoms with van der Waals surface area (Å²) in [5, 5.41) is 0. The van der Waals surface area contributed by atoms with Crippen molar-refractivity contribution in [3.05, 3.63) is 71.9 Å². The molecule has 0 fully saturated rings. The van der Waals surface area contributed by atoms with E-state index < -0.39 is 17.5 Å². The Hall–Kier alpha value is -1.64. The third-order valence-corrected chi connectivity index (χ3v) is 5.53. The first-order valence-electron chi connectivity index (χ1n) is 12.0. The lowest BCUT2D eigenvalue weighted by Crippen LogP contribution is -2.38. The predicted octanol–water partition coefficient (Wildman–Crippen LogP) is 9.42. The summed E-state index contributed by atoms with van der Waals surface area (Å²) in [4.78, 5) is 0. The molecule has 0 amide bonds. The van der Waals surface area contributed by atoms with Crippen molar-refractivity contribution in [2.24, 2.45) is 0 Å². The van der Waals surface area contributed by atoms with Crippen LogP contribution in [0, 0.1) is 0 Å². The minimum atomic E-state index is -0.477. The molecule has 0 radical (unpaired) electrons. The Kier molecular flexibility index (Phi) is 14.5. The summed E-state index contributed by atoms with van der Waals surface area (Å²) in [6.07, 6.45) is 17.8. The molecule has 2 atom stereocenters. The maximum absolute atomic E-state index is 6.57. The molecular weight excluding hydrogens is 392 g/mol. The van der Waals surface area contributed by atoms with Crippen molar-refractivity contribution in [3.63, 3.8) is 0 Å². The Morgan fingerprint density at radius 2 is 1.06 bits per heavy atom. The Bertz CT molecular complexity index is 652. The lowest BCUT2D eigenvalue weighted by molar-refractivity contribution is -0.206. The highest BCUT2D eigenvalue weighted by Gasteiger charge is 2.30. The summed E-state index contributed by atoms with van der Waals surface area (Å²) < 4.78 is 13.1. The molecule has 2 unspecified atom stereocenters. The van der Waals surface area contributed by atoms with Crippen LogP contribution in [0.2, 0.25) is 0 Å². The average molecular weight is 443 g/mol. The number of allylic oxidation sites excluding steroid dienone is 7. The van der Waals surface area contributed by atoms with E-state index in [1.807, 2.05) is 12.2 Å². The van der Waals surface area contributed by atoms with Gasteiger partial charge in [-0.15, -0.1) is 13.2 Å². The molecule has 0 aliphatic heterocycles. The van der Waals surface area contributed by atoms with Gasteiger partial charge < -0.3 is 9.47 Å². The summed E-state index contributed by atoms with van der Waals surface area (Å²) in [6.45, 7) is 27.2. The van der Waals surface area contributed by atoms with Gasteiger partial charge >= 0.3 is 0 Å². The van der Waals surface area contributed by atoms with E-state index in [4.69, 9.17) is 9.47 Å². The summed E-state index contributed by atoms with van der Waals surface area (Å²) in [7, 11) is 0. The molecule has 0 aromatic heterocycles. The maximum Gasteiger partial charge on any atom is 0.179 e. The number of hydrogen-bond acceptors (Lipinski definition) is 2. The van der Waals surface area contributed by atoms with Gasteiger partial charge in [0.2, 0.25) is 0 Å². The number of hydrogen-bond donors (Lipinski definition) is 0. The van der Waals surface area contributed by atoms with Crippen LogP contribution in [0.15, 0.2) is 71.9 Å². The normalized spacial score (nSPS) is 16.2. The lowest BCUT2D eigenvalue weighted by Gasteiger charge is -2.36. The van der Waals surface area contributed by atoms with Crippen LogP contribution < -0.4 is 0 Å². The molecule has 0 aliphatic rings. The molecule has 2 heteroatoms. The van der Waals surface area contributed by atoms with E-state index in [-0.39, 0.29) is 0 Å². The molecule has 0 rings (SSSR count). The molecule has 0 N–H and O–H groups in total. The second kappa shape index (κ2) is 15.2. The molecule has 0 saturated heterocycles. The molecule has 0 saturated carbocycles. The maximum atomic E-state index is 6.57. The molecule has 0 bridgehead atoms. The van der Waals surface area contributed by atoms with Gasteiger partial charge in [0.15, 0.2) is 6.29 Å². The predicted molar refractivity (Wildman–Crippen MR) is 143 cm³/mol. The molecule has 0 heterocycles. The summed E-state index contributed by atoms with van der Waals surface area (Å²) >= 11 is 0. The van der Waals surface area contributed by atoms with E-state index in [0.29, 0.717) is 0 Å². The molecule has 0 aromatic rings. The fourth-order valence-corrected chi connectivity index (χ4v) is 3.24. The first-order chi connectivity index (χ1) is 14.8. The Balaban J connectivity index is 5.67. The molecule has 0 aromatic carbocycles. The summed E-state index contributed by atoms with van der Waals surface area (Å²) in [6, 6.07) is 0. The van der Waals surface area contributed by atoms with E-state index >= 15 is 0 Å².